The third-order valence-electron chi connectivity index (χ3n) is 1.55. The summed E-state index contributed by atoms with van der Waals surface area (Å²) in [4.78, 5) is 10.0. The summed E-state index contributed by atoms with van der Waals surface area (Å²) in [5.41, 5.74) is 0.532. The van der Waals surface area contributed by atoms with E-state index in [0.717, 1.165) is 0 Å². The Kier molecular flexibility index (Phi) is 3.41. The molecule has 0 saturated heterocycles. The predicted octanol–water partition coefficient (Wildman–Crippen LogP) is 3.05. The van der Waals surface area contributed by atoms with Gasteiger partial charge in [-0.25, -0.2) is 4.39 Å². The monoisotopic (exact) mass is 230 g/mol. The van der Waals surface area contributed by atoms with Gasteiger partial charge in [0.1, 0.15) is 12.5 Å². The van der Waals surface area contributed by atoms with Crippen LogP contribution in [0.25, 0.3) is 0 Å². The Morgan fingerprint density at radius 1 is 1.50 bits per heavy atom. The van der Waals surface area contributed by atoms with Gasteiger partial charge in [-0.05, 0) is 6.07 Å². The molecule has 0 aliphatic heterocycles. The first-order valence-electron chi connectivity index (χ1n) is 3.58. The third-order valence-corrected chi connectivity index (χ3v) is 2.27. The lowest BCUT2D eigenvalue weighted by Gasteiger charge is -2.06. The summed E-state index contributed by atoms with van der Waals surface area (Å²) < 4.78 is 13.8. The molecule has 1 aromatic carbocycles. The van der Waals surface area contributed by atoms with Crippen LogP contribution in [0, 0.1) is 0 Å². The molecular weight excluding hydrogens is 223 g/mol. The molecule has 1 nitrogen and oxygen atoms in total. The Balaban J connectivity index is 2.86. The van der Waals surface area contributed by atoms with E-state index in [4.69, 9.17) is 0 Å². The molecule has 3 heteroatoms. The summed E-state index contributed by atoms with van der Waals surface area (Å²) in [6.07, 6.45) is -0.690. The first-order chi connectivity index (χ1) is 5.75. The van der Waals surface area contributed by atoms with Gasteiger partial charge in [-0.3, -0.25) is 0 Å². The van der Waals surface area contributed by atoms with Crippen molar-refractivity contribution in [2.75, 3.05) is 0 Å². The summed E-state index contributed by atoms with van der Waals surface area (Å²) in [5.74, 6) is 0. The second-order valence-corrected chi connectivity index (χ2v) is 3.25. The van der Waals surface area contributed by atoms with Crippen molar-refractivity contribution in [2.24, 2.45) is 0 Å². The number of hydrogen-bond acceptors (Lipinski definition) is 1. The quantitative estimate of drug-likeness (QED) is 0.730. The van der Waals surface area contributed by atoms with Gasteiger partial charge in [-0.15, -0.1) is 0 Å². The topological polar surface area (TPSA) is 17.1 Å². The van der Waals surface area contributed by atoms with Crippen LogP contribution in [0.4, 0.5) is 4.39 Å². The van der Waals surface area contributed by atoms with Crippen LogP contribution < -0.4 is 0 Å². The number of benzene rings is 1. The lowest BCUT2D eigenvalue weighted by Crippen LogP contribution is -1.93. The Labute approximate surface area is 78.7 Å². The molecule has 0 fully saturated rings. The van der Waals surface area contributed by atoms with Crippen molar-refractivity contribution in [2.45, 2.75) is 12.6 Å². The fraction of sp³-hybridized carbons (Fsp3) is 0.222. The van der Waals surface area contributed by atoms with Gasteiger partial charge in [-0.2, -0.15) is 0 Å². The van der Waals surface area contributed by atoms with Gasteiger partial charge < -0.3 is 4.79 Å². The second-order valence-electron chi connectivity index (χ2n) is 2.39. The molecule has 0 amide bonds. The van der Waals surface area contributed by atoms with Gasteiger partial charge in [-0.1, -0.05) is 34.1 Å². The van der Waals surface area contributed by atoms with Crippen LogP contribution in [0.5, 0.6) is 0 Å². The Morgan fingerprint density at radius 2 is 2.17 bits per heavy atom. The molecule has 0 bridgehead atoms. The van der Waals surface area contributed by atoms with Crippen LogP contribution in [0.3, 0.4) is 0 Å². The van der Waals surface area contributed by atoms with Gasteiger partial charge in [0.25, 0.3) is 0 Å². The summed E-state index contributed by atoms with van der Waals surface area (Å²) in [6.45, 7) is 0. The second kappa shape index (κ2) is 4.36. The van der Waals surface area contributed by atoms with Gasteiger partial charge in [0.05, 0.1) is 0 Å². The highest BCUT2D eigenvalue weighted by Gasteiger charge is 2.11. The van der Waals surface area contributed by atoms with Crippen molar-refractivity contribution < 1.29 is 9.18 Å². The van der Waals surface area contributed by atoms with Crippen molar-refractivity contribution in [3.63, 3.8) is 0 Å². The minimum atomic E-state index is -1.20. The molecule has 0 aliphatic carbocycles. The fourth-order valence-electron chi connectivity index (χ4n) is 0.941. The minimum Gasteiger partial charge on any atom is -0.303 e. The van der Waals surface area contributed by atoms with E-state index >= 15 is 0 Å². The molecule has 0 N–H and O–H groups in total. The molecular formula is C9H8BrFO. The number of alkyl halides is 1. The highest BCUT2D eigenvalue weighted by atomic mass is 79.9. The molecule has 0 aromatic heterocycles. The number of aldehydes is 1. The standard InChI is InChI=1S/C9H8BrFO/c10-8-4-2-1-3-7(8)9(11)5-6-12/h1-4,6,9H,5H2. The summed E-state index contributed by atoms with van der Waals surface area (Å²) >= 11 is 3.21. The smallest absolute Gasteiger partial charge is 0.133 e. The molecule has 0 aliphatic rings. The summed E-state index contributed by atoms with van der Waals surface area (Å²) in [7, 11) is 0. The lowest BCUT2D eigenvalue weighted by atomic mass is 10.1. The van der Waals surface area contributed by atoms with E-state index in [9.17, 15) is 9.18 Å². The van der Waals surface area contributed by atoms with Crippen molar-refractivity contribution in [3.05, 3.63) is 34.3 Å². The van der Waals surface area contributed by atoms with Gasteiger partial charge in [0.2, 0.25) is 0 Å². The average molecular weight is 231 g/mol. The van der Waals surface area contributed by atoms with Gasteiger partial charge in [0, 0.05) is 16.5 Å². The zero-order valence-corrected chi connectivity index (χ0v) is 7.92. The van der Waals surface area contributed by atoms with Crippen LogP contribution in [0.2, 0.25) is 0 Å². The average Bonchev–Trinajstić information content (AvgIpc) is 2.05. The van der Waals surface area contributed by atoms with Crippen LogP contribution >= 0.6 is 15.9 Å². The van der Waals surface area contributed by atoms with Crippen molar-refractivity contribution in [1.82, 2.24) is 0 Å². The van der Waals surface area contributed by atoms with Crippen molar-refractivity contribution in [3.8, 4) is 0 Å². The molecule has 12 heavy (non-hydrogen) atoms. The molecule has 0 saturated carbocycles. The first kappa shape index (κ1) is 9.39. The van der Waals surface area contributed by atoms with Gasteiger partial charge >= 0.3 is 0 Å². The highest BCUT2D eigenvalue weighted by Crippen LogP contribution is 2.27. The molecule has 0 spiro atoms. The maximum absolute atomic E-state index is 13.1. The van der Waals surface area contributed by atoms with E-state index in [-0.39, 0.29) is 6.42 Å². The highest BCUT2D eigenvalue weighted by molar-refractivity contribution is 9.10. The maximum atomic E-state index is 13.1. The third kappa shape index (κ3) is 2.14. The van der Waals surface area contributed by atoms with E-state index < -0.39 is 6.17 Å². The SMILES string of the molecule is O=CCC(F)c1ccccc1Br. The predicted molar refractivity (Wildman–Crippen MR) is 48.7 cm³/mol. The molecule has 0 heterocycles. The van der Waals surface area contributed by atoms with Crippen LogP contribution in [0.15, 0.2) is 28.7 Å². The number of hydrogen-bond donors (Lipinski definition) is 0. The number of carbonyl (C=O) groups is 1. The maximum Gasteiger partial charge on any atom is 0.133 e. The lowest BCUT2D eigenvalue weighted by molar-refractivity contribution is -0.108. The Morgan fingerprint density at radius 3 is 2.75 bits per heavy atom. The summed E-state index contributed by atoms with van der Waals surface area (Å²) in [5, 5.41) is 0. The van der Waals surface area contributed by atoms with E-state index in [1.807, 2.05) is 0 Å². The molecule has 1 aromatic rings. The fourth-order valence-corrected chi connectivity index (χ4v) is 1.47. The van der Waals surface area contributed by atoms with Crippen molar-refractivity contribution >= 4 is 22.2 Å². The normalized spacial score (nSPS) is 12.5. The van der Waals surface area contributed by atoms with E-state index in [1.165, 1.54) is 0 Å². The minimum absolute atomic E-state index is 0.0807. The van der Waals surface area contributed by atoms with Gasteiger partial charge in [0.15, 0.2) is 0 Å². The number of carbonyl (C=O) groups excluding carboxylic acids is 1. The zero-order valence-electron chi connectivity index (χ0n) is 6.34. The van der Waals surface area contributed by atoms with E-state index in [0.29, 0.717) is 16.3 Å². The molecule has 1 unspecified atom stereocenters. The molecule has 1 rings (SSSR count). The molecule has 64 valence electrons. The first-order valence-corrected chi connectivity index (χ1v) is 4.37. The van der Waals surface area contributed by atoms with E-state index in [2.05, 4.69) is 15.9 Å². The largest absolute Gasteiger partial charge is 0.303 e. The summed E-state index contributed by atoms with van der Waals surface area (Å²) in [6, 6.07) is 6.98. The zero-order chi connectivity index (χ0) is 8.97. The number of rotatable bonds is 3. The molecule has 0 radical (unpaired) electrons. The van der Waals surface area contributed by atoms with Crippen molar-refractivity contribution in [1.29, 1.82) is 0 Å². The van der Waals surface area contributed by atoms with Crippen LogP contribution in [0.1, 0.15) is 18.2 Å². The Bertz CT molecular complexity index is 275. The van der Waals surface area contributed by atoms with E-state index in [1.54, 1.807) is 24.3 Å². The number of halogens is 2. The van der Waals surface area contributed by atoms with Crippen LogP contribution in [-0.4, -0.2) is 6.29 Å². The Hall–Kier alpha value is -0.700. The molecule has 1 atom stereocenters. The van der Waals surface area contributed by atoms with Crippen LogP contribution in [-0.2, 0) is 4.79 Å².